The lowest BCUT2D eigenvalue weighted by atomic mass is 10.2. The van der Waals surface area contributed by atoms with Crippen LogP contribution >= 0.6 is 0 Å². The number of benzene rings is 1. The van der Waals surface area contributed by atoms with Gasteiger partial charge in [-0.25, -0.2) is 13.6 Å². The van der Waals surface area contributed by atoms with Crippen LogP contribution in [0.5, 0.6) is 0 Å². The van der Waals surface area contributed by atoms with E-state index in [0.717, 1.165) is 5.39 Å². The molecule has 0 saturated carbocycles. The summed E-state index contributed by atoms with van der Waals surface area (Å²) in [6.07, 6.45) is -2.54. The Kier molecular flexibility index (Phi) is 3.79. The van der Waals surface area contributed by atoms with Gasteiger partial charge in [0.15, 0.2) is 0 Å². The highest BCUT2D eigenvalue weighted by Gasteiger charge is 2.23. The minimum absolute atomic E-state index is 0.154. The molecule has 0 fully saturated rings. The van der Waals surface area contributed by atoms with Crippen LogP contribution in [0.4, 0.5) is 8.78 Å². The van der Waals surface area contributed by atoms with Gasteiger partial charge >= 0.3 is 5.97 Å². The second-order valence-corrected chi connectivity index (χ2v) is 5.59. The summed E-state index contributed by atoms with van der Waals surface area (Å²) in [5.41, 5.74) is 0.0958. The predicted octanol–water partition coefficient (Wildman–Crippen LogP) is 3.86. The molecule has 0 N–H and O–H groups in total. The first-order valence-electron chi connectivity index (χ1n) is 6.38. The van der Waals surface area contributed by atoms with Crippen LogP contribution in [0.2, 0.25) is 0 Å². The number of nitrogens with zero attached hydrogens (tertiary/aromatic N) is 1. The Balaban J connectivity index is 2.48. The van der Waals surface area contributed by atoms with Gasteiger partial charge in [-0.3, -0.25) is 0 Å². The number of alkyl halides is 2. The van der Waals surface area contributed by atoms with E-state index in [2.05, 4.69) is 0 Å². The van der Waals surface area contributed by atoms with E-state index in [1.54, 1.807) is 51.1 Å². The second kappa shape index (κ2) is 5.23. The molecule has 1 aromatic carbocycles. The van der Waals surface area contributed by atoms with Crippen LogP contribution in [0, 0.1) is 0 Å². The van der Waals surface area contributed by atoms with E-state index in [1.807, 2.05) is 0 Å². The van der Waals surface area contributed by atoms with Gasteiger partial charge in [-0.05, 0) is 32.9 Å². The topological polar surface area (TPSA) is 31.2 Å². The average Bonchev–Trinajstić information content (AvgIpc) is 2.66. The van der Waals surface area contributed by atoms with E-state index in [0.29, 0.717) is 5.52 Å². The number of esters is 1. The van der Waals surface area contributed by atoms with Crippen LogP contribution in [-0.4, -0.2) is 22.6 Å². The number of para-hydroxylation sites is 1. The van der Waals surface area contributed by atoms with Crippen LogP contribution < -0.4 is 0 Å². The van der Waals surface area contributed by atoms with Crippen molar-refractivity contribution in [3.8, 4) is 0 Å². The van der Waals surface area contributed by atoms with Crippen molar-refractivity contribution in [3.05, 3.63) is 36.0 Å². The monoisotopic (exact) mass is 281 g/mol. The summed E-state index contributed by atoms with van der Waals surface area (Å²) in [4.78, 5) is 12.1. The van der Waals surface area contributed by atoms with Crippen LogP contribution in [-0.2, 0) is 11.3 Å². The number of hydrogen-bond donors (Lipinski definition) is 0. The van der Waals surface area contributed by atoms with Crippen molar-refractivity contribution in [2.24, 2.45) is 0 Å². The highest BCUT2D eigenvalue weighted by Crippen LogP contribution is 2.23. The highest BCUT2D eigenvalue weighted by molar-refractivity contribution is 5.95. The first-order valence-corrected chi connectivity index (χ1v) is 6.38. The van der Waals surface area contributed by atoms with Crippen LogP contribution in [0.15, 0.2) is 30.3 Å². The zero-order valence-electron chi connectivity index (χ0n) is 11.7. The number of hydrogen-bond acceptors (Lipinski definition) is 2. The van der Waals surface area contributed by atoms with Crippen molar-refractivity contribution in [2.45, 2.75) is 39.3 Å². The molecule has 2 rings (SSSR count). The zero-order chi connectivity index (χ0) is 14.9. The normalized spacial score (nSPS) is 12.1. The zero-order valence-corrected chi connectivity index (χ0v) is 11.7. The van der Waals surface area contributed by atoms with E-state index in [-0.39, 0.29) is 5.69 Å². The van der Waals surface area contributed by atoms with Crippen molar-refractivity contribution in [2.75, 3.05) is 0 Å². The van der Waals surface area contributed by atoms with E-state index < -0.39 is 24.5 Å². The van der Waals surface area contributed by atoms with Crippen LogP contribution in [0.25, 0.3) is 10.9 Å². The van der Waals surface area contributed by atoms with Gasteiger partial charge in [0.1, 0.15) is 11.3 Å². The number of rotatable bonds is 3. The van der Waals surface area contributed by atoms with Crippen molar-refractivity contribution >= 4 is 16.9 Å². The summed E-state index contributed by atoms with van der Waals surface area (Å²) in [6.45, 7) is 4.70. The fourth-order valence-electron chi connectivity index (χ4n) is 2.04. The van der Waals surface area contributed by atoms with Gasteiger partial charge in [-0.1, -0.05) is 18.2 Å². The minimum atomic E-state index is -2.54. The third kappa shape index (κ3) is 3.15. The summed E-state index contributed by atoms with van der Waals surface area (Å²) in [6, 6.07) is 8.64. The quantitative estimate of drug-likeness (QED) is 0.800. The fourth-order valence-corrected chi connectivity index (χ4v) is 2.04. The molecule has 1 aromatic heterocycles. The number of aromatic nitrogens is 1. The van der Waals surface area contributed by atoms with Gasteiger partial charge in [0.25, 0.3) is 6.43 Å². The average molecular weight is 281 g/mol. The molecule has 0 aliphatic carbocycles. The number of halogens is 2. The molecule has 0 amide bonds. The maximum atomic E-state index is 12.7. The van der Waals surface area contributed by atoms with Crippen molar-refractivity contribution in [1.29, 1.82) is 0 Å². The second-order valence-electron chi connectivity index (χ2n) is 5.59. The molecule has 1 heterocycles. The molecule has 3 nitrogen and oxygen atoms in total. The predicted molar refractivity (Wildman–Crippen MR) is 73.1 cm³/mol. The van der Waals surface area contributed by atoms with Gasteiger partial charge in [0.2, 0.25) is 0 Å². The third-order valence-corrected chi connectivity index (χ3v) is 2.74. The Morgan fingerprint density at radius 2 is 1.95 bits per heavy atom. The Morgan fingerprint density at radius 1 is 1.30 bits per heavy atom. The van der Waals surface area contributed by atoms with Gasteiger partial charge in [0, 0.05) is 10.9 Å². The van der Waals surface area contributed by atoms with Crippen molar-refractivity contribution in [1.82, 2.24) is 4.57 Å². The maximum absolute atomic E-state index is 12.7. The van der Waals surface area contributed by atoms with Crippen molar-refractivity contribution < 1.29 is 18.3 Å². The number of carbonyl (C=O) groups excluding carboxylic acids is 1. The number of carbonyl (C=O) groups is 1. The first kappa shape index (κ1) is 14.5. The van der Waals surface area contributed by atoms with E-state index in [9.17, 15) is 13.6 Å². The van der Waals surface area contributed by atoms with E-state index in [1.165, 1.54) is 4.57 Å². The van der Waals surface area contributed by atoms with Gasteiger partial charge in [0.05, 0.1) is 6.54 Å². The van der Waals surface area contributed by atoms with E-state index >= 15 is 0 Å². The van der Waals surface area contributed by atoms with Crippen LogP contribution in [0.1, 0.15) is 31.3 Å². The molecule has 0 aliphatic heterocycles. The summed E-state index contributed by atoms with van der Waals surface area (Å²) in [5, 5.41) is 0.744. The molecule has 0 atom stereocenters. The van der Waals surface area contributed by atoms with Gasteiger partial charge in [-0.15, -0.1) is 0 Å². The molecule has 108 valence electrons. The SMILES string of the molecule is CC(C)(C)OC(=O)c1cc2ccccc2n1CC(F)F. The maximum Gasteiger partial charge on any atom is 0.355 e. The third-order valence-electron chi connectivity index (χ3n) is 2.74. The number of ether oxygens (including phenoxy) is 1. The molecule has 0 spiro atoms. The first-order chi connectivity index (χ1) is 9.28. The molecule has 20 heavy (non-hydrogen) atoms. The Bertz CT molecular complexity index is 626. The molecule has 0 bridgehead atoms. The molecule has 2 aromatic rings. The Morgan fingerprint density at radius 3 is 2.55 bits per heavy atom. The molecular formula is C15H17F2NO2. The Hall–Kier alpha value is -1.91. The largest absolute Gasteiger partial charge is 0.455 e. The molecule has 0 radical (unpaired) electrons. The lowest BCUT2D eigenvalue weighted by Gasteiger charge is -2.20. The lowest BCUT2D eigenvalue weighted by Crippen LogP contribution is -2.26. The van der Waals surface area contributed by atoms with Gasteiger partial charge < -0.3 is 9.30 Å². The van der Waals surface area contributed by atoms with Crippen molar-refractivity contribution in [3.63, 3.8) is 0 Å². The molecule has 0 unspecified atom stereocenters. The standard InChI is InChI=1S/C15H17F2NO2/c1-15(2,3)20-14(19)12-8-10-6-4-5-7-11(10)18(12)9-13(16)17/h4-8,13H,9H2,1-3H3. The van der Waals surface area contributed by atoms with Gasteiger partial charge in [-0.2, -0.15) is 0 Å². The summed E-state index contributed by atoms with van der Waals surface area (Å²) in [5.74, 6) is -0.589. The fraction of sp³-hybridized carbons (Fsp3) is 0.400. The minimum Gasteiger partial charge on any atom is -0.455 e. The number of fused-ring (bicyclic) bond motifs is 1. The van der Waals surface area contributed by atoms with E-state index in [4.69, 9.17) is 4.74 Å². The molecular weight excluding hydrogens is 264 g/mol. The summed E-state index contributed by atoms with van der Waals surface area (Å²) < 4.78 is 32.1. The smallest absolute Gasteiger partial charge is 0.355 e. The molecule has 5 heteroatoms. The molecule has 0 aliphatic rings. The molecule has 0 saturated heterocycles. The summed E-state index contributed by atoms with van der Waals surface area (Å²) in [7, 11) is 0. The van der Waals surface area contributed by atoms with Crippen LogP contribution in [0.3, 0.4) is 0 Å². The Labute approximate surface area is 116 Å². The summed E-state index contributed by atoms with van der Waals surface area (Å²) >= 11 is 0. The highest BCUT2D eigenvalue weighted by atomic mass is 19.3. The lowest BCUT2D eigenvalue weighted by molar-refractivity contribution is 0.00548.